The minimum atomic E-state index is -0.851. The summed E-state index contributed by atoms with van der Waals surface area (Å²) in [6.45, 7) is 4.36. The normalized spacial score (nSPS) is 12.8. The highest BCUT2D eigenvalue weighted by atomic mass is 32.2. The van der Waals surface area contributed by atoms with E-state index in [2.05, 4.69) is 9.47 Å². The second-order valence-electron chi connectivity index (χ2n) is 5.23. The van der Waals surface area contributed by atoms with E-state index in [1.54, 1.807) is 6.92 Å². The molecule has 25 heavy (non-hydrogen) atoms. The first-order valence-electron chi connectivity index (χ1n) is 7.76. The Morgan fingerprint density at radius 2 is 1.72 bits per heavy atom. The predicted molar refractivity (Wildman–Crippen MR) is 89.8 cm³/mol. The van der Waals surface area contributed by atoms with Crippen LogP contribution < -0.4 is 0 Å². The number of carbonyl (C=O) groups excluding carboxylic acids is 2. The van der Waals surface area contributed by atoms with Crippen molar-refractivity contribution in [3.63, 3.8) is 0 Å². The molecule has 10 heteroatoms. The summed E-state index contributed by atoms with van der Waals surface area (Å²) in [6, 6.07) is 0. The summed E-state index contributed by atoms with van der Waals surface area (Å²) in [5.74, 6) is -0.0274. The maximum atomic E-state index is 11.5. The fourth-order valence-electron chi connectivity index (χ4n) is 1.44. The second kappa shape index (κ2) is 14.6. The van der Waals surface area contributed by atoms with Gasteiger partial charge in [-0.05, 0) is 19.1 Å². The topological polar surface area (TPSA) is 118 Å². The molecule has 1 N–H and O–H groups in total. The first-order valence-corrected chi connectivity index (χ1v) is 8.92. The minimum Gasteiger partial charge on any atom is -0.481 e. The van der Waals surface area contributed by atoms with E-state index in [0.717, 1.165) is 12.2 Å². The van der Waals surface area contributed by atoms with Crippen LogP contribution in [0.25, 0.3) is 0 Å². The van der Waals surface area contributed by atoms with Gasteiger partial charge in [0.2, 0.25) is 0 Å². The van der Waals surface area contributed by atoms with Crippen molar-refractivity contribution in [1.82, 2.24) is 0 Å². The van der Waals surface area contributed by atoms with Crippen LogP contribution in [0.1, 0.15) is 20.3 Å². The van der Waals surface area contributed by atoms with Gasteiger partial charge in [0.15, 0.2) is 0 Å². The molecule has 0 rings (SSSR count). The Bertz CT molecular complexity index is 402. The van der Waals surface area contributed by atoms with Crippen LogP contribution in [0.3, 0.4) is 0 Å². The van der Waals surface area contributed by atoms with Crippen LogP contribution in [0.15, 0.2) is 0 Å². The number of hydrogen-bond acceptors (Lipinski definition) is 9. The smallest absolute Gasteiger partial charge is 0.481 e. The lowest BCUT2D eigenvalue weighted by molar-refractivity contribution is -0.133. The van der Waals surface area contributed by atoms with Crippen molar-refractivity contribution < 1.29 is 43.2 Å². The molecule has 0 aliphatic carbocycles. The third-order valence-corrected chi connectivity index (χ3v) is 3.62. The summed E-state index contributed by atoms with van der Waals surface area (Å²) in [4.78, 5) is 32.6. The van der Waals surface area contributed by atoms with E-state index in [1.165, 1.54) is 18.9 Å². The quantitative estimate of drug-likeness (QED) is 0.375. The predicted octanol–water partition coefficient (Wildman–Crippen LogP) is 2.17. The Balaban J connectivity index is 3.60. The molecule has 0 fully saturated rings. The van der Waals surface area contributed by atoms with Gasteiger partial charge in [0.05, 0.1) is 26.1 Å². The first kappa shape index (κ1) is 23.3. The molecule has 0 aromatic rings. The minimum absolute atomic E-state index is 0.0131. The van der Waals surface area contributed by atoms with Crippen LogP contribution >= 0.6 is 11.8 Å². The lowest BCUT2D eigenvalue weighted by Crippen LogP contribution is -2.24. The molecular formula is C15H26O9S. The van der Waals surface area contributed by atoms with Gasteiger partial charge in [-0.1, -0.05) is 6.92 Å². The van der Waals surface area contributed by atoms with Crippen LogP contribution in [-0.4, -0.2) is 74.5 Å². The van der Waals surface area contributed by atoms with E-state index in [4.69, 9.17) is 19.3 Å². The molecule has 0 amide bonds. The number of carboxylic acid groups (broad SMARTS) is 1. The molecule has 0 radical (unpaired) electrons. The van der Waals surface area contributed by atoms with E-state index in [-0.39, 0.29) is 24.9 Å². The Morgan fingerprint density at radius 3 is 2.36 bits per heavy atom. The average Bonchev–Trinajstić information content (AvgIpc) is 2.56. The number of carbonyl (C=O) groups is 3. The monoisotopic (exact) mass is 382 g/mol. The van der Waals surface area contributed by atoms with Gasteiger partial charge >= 0.3 is 18.3 Å². The summed E-state index contributed by atoms with van der Waals surface area (Å²) in [5, 5.41) is 8.48. The molecule has 0 aliphatic heterocycles. The Kier molecular flexibility index (Phi) is 13.7. The van der Waals surface area contributed by atoms with Crippen molar-refractivity contribution in [1.29, 1.82) is 0 Å². The summed E-state index contributed by atoms with van der Waals surface area (Å²) < 4.78 is 24.2. The Labute approximate surface area is 151 Å². The molecule has 0 saturated heterocycles. The van der Waals surface area contributed by atoms with Crippen molar-refractivity contribution in [3.05, 3.63) is 0 Å². The molecule has 0 aromatic heterocycles. The van der Waals surface area contributed by atoms with Gasteiger partial charge in [-0.3, -0.25) is 4.79 Å². The van der Waals surface area contributed by atoms with Crippen molar-refractivity contribution in [2.45, 2.75) is 26.4 Å². The average molecular weight is 382 g/mol. The van der Waals surface area contributed by atoms with Gasteiger partial charge in [0.25, 0.3) is 0 Å². The Morgan fingerprint density at radius 1 is 1.04 bits per heavy atom. The number of carboxylic acids is 1. The standard InChI is InChI=1S/C15H26O9S/c1-11(7-21-5-4-6-25-10-13(16)17)8-22-15(19)24-12(2)9-23-14(18)20-3/h11-12H,4-10H2,1-3H3,(H,16,17). The molecule has 2 atom stereocenters. The molecule has 0 saturated carbocycles. The van der Waals surface area contributed by atoms with Crippen molar-refractivity contribution >= 4 is 30.0 Å². The SMILES string of the molecule is COC(=O)OCC(C)OC(=O)OCC(C)COCCCSCC(=O)O. The van der Waals surface area contributed by atoms with Gasteiger partial charge in [0.1, 0.15) is 12.7 Å². The van der Waals surface area contributed by atoms with Crippen LogP contribution in [0.4, 0.5) is 9.59 Å². The van der Waals surface area contributed by atoms with Gasteiger partial charge in [0, 0.05) is 12.5 Å². The zero-order chi connectivity index (χ0) is 19.1. The lowest BCUT2D eigenvalue weighted by atomic mass is 10.2. The highest BCUT2D eigenvalue weighted by molar-refractivity contribution is 7.99. The molecular weight excluding hydrogens is 356 g/mol. The second-order valence-corrected chi connectivity index (χ2v) is 6.34. The van der Waals surface area contributed by atoms with Crippen LogP contribution in [0.5, 0.6) is 0 Å². The molecule has 9 nitrogen and oxygen atoms in total. The first-order chi connectivity index (χ1) is 11.8. The highest BCUT2D eigenvalue weighted by Gasteiger charge is 2.14. The van der Waals surface area contributed by atoms with Gasteiger partial charge in [-0.15, -0.1) is 0 Å². The molecule has 2 unspecified atom stereocenters. The van der Waals surface area contributed by atoms with E-state index < -0.39 is 24.4 Å². The van der Waals surface area contributed by atoms with E-state index >= 15 is 0 Å². The molecule has 0 aliphatic rings. The van der Waals surface area contributed by atoms with Crippen LogP contribution in [-0.2, 0) is 28.5 Å². The van der Waals surface area contributed by atoms with Crippen LogP contribution in [0.2, 0.25) is 0 Å². The molecule has 0 spiro atoms. The van der Waals surface area contributed by atoms with E-state index in [1.807, 2.05) is 6.92 Å². The number of ether oxygens (including phenoxy) is 5. The maximum absolute atomic E-state index is 11.5. The number of aliphatic carboxylic acids is 1. The summed E-state index contributed by atoms with van der Waals surface area (Å²) in [6.07, 6.45) is -1.60. The van der Waals surface area contributed by atoms with Crippen LogP contribution in [0, 0.1) is 5.92 Å². The number of hydrogen-bond donors (Lipinski definition) is 1. The van der Waals surface area contributed by atoms with E-state index in [9.17, 15) is 14.4 Å². The third-order valence-electron chi connectivity index (χ3n) is 2.59. The van der Waals surface area contributed by atoms with Gasteiger partial charge in [-0.2, -0.15) is 11.8 Å². The number of methoxy groups -OCH3 is 1. The highest BCUT2D eigenvalue weighted by Crippen LogP contribution is 2.04. The molecule has 0 aromatic carbocycles. The van der Waals surface area contributed by atoms with Crippen molar-refractivity contribution in [2.75, 3.05) is 45.0 Å². The summed E-state index contributed by atoms with van der Waals surface area (Å²) in [7, 11) is 1.18. The lowest BCUT2D eigenvalue weighted by Gasteiger charge is -2.15. The number of thioether (sulfide) groups is 1. The zero-order valence-corrected chi connectivity index (χ0v) is 15.5. The van der Waals surface area contributed by atoms with Gasteiger partial charge < -0.3 is 28.8 Å². The summed E-state index contributed by atoms with van der Waals surface area (Å²) in [5.41, 5.74) is 0. The fourth-order valence-corrected chi connectivity index (χ4v) is 2.08. The largest absolute Gasteiger partial charge is 0.508 e. The molecule has 0 bridgehead atoms. The van der Waals surface area contributed by atoms with Crippen molar-refractivity contribution in [3.8, 4) is 0 Å². The third kappa shape index (κ3) is 15.6. The van der Waals surface area contributed by atoms with E-state index in [0.29, 0.717) is 13.2 Å². The summed E-state index contributed by atoms with van der Waals surface area (Å²) >= 11 is 1.34. The van der Waals surface area contributed by atoms with Crippen molar-refractivity contribution in [2.24, 2.45) is 5.92 Å². The number of rotatable bonds is 13. The Hall–Kier alpha value is -1.68. The van der Waals surface area contributed by atoms with Gasteiger partial charge in [-0.25, -0.2) is 9.59 Å². The fraction of sp³-hybridized carbons (Fsp3) is 0.800. The maximum Gasteiger partial charge on any atom is 0.508 e. The molecule has 0 heterocycles. The molecule has 146 valence electrons. The zero-order valence-electron chi connectivity index (χ0n) is 14.7.